The van der Waals surface area contributed by atoms with Gasteiger partial charge in [0.25, 0.3) is 0 Å². The van der Waals surface area contributed by atoms with E-state index in [1.807, 2.05) is 24.3 Å². The first-order valence-corrected chi connectivity index (χ1v) is 8.22. The fourth-order valence-electron chi connectivity index (χ4n) is 2.98. The van der Waals surface area contributed by atoms with Crippen LogP contribution in [-0.4, -0.2) is 47.8 Å². The summed E-state index contributed by atoms with van der Waals surface area (Å²) in [6.07, 6.45) is 2.30. The summed E-state index contributed by atoms with van der Waals surface area (Å²) < 4.78 is 10.6. The molecule has 1 atom stereocenters. The number of methoxy groups -OCH3 is 1. The summed E-state index contributed by atoms with van der Waals surface area (Å²) in [7, 11) is 1.65. The number of nitrogens with zero attached hydrogens (tertiary/aromatic N) is 3. The zero-order chi connectivity index (χ0) is 16.1. The summed E-state index contributed by atoms with van der Waals surface area (Å²) in [5, 5.41) is 7.53. The van der Waals surface area contributed by atoms with Crippen LogP contribution in [0.5, 0.6) is 5.75 Å². The van der Waals surface area contributed by atoms with Gasteiger partial charge in [0.15, 0.2) is 0 Å². The van der Waals surface area contributed by atoms with Gasteiger partial charge in [0, 0.05) is 18.2 Å². The summed E-state index contributed by atoms with van der Waals surface area (Å²) in [5.74, 6) is 2.13. The van der Waals surface area contributed by atoms with E-state index in [-0.39, 0.29) is 12.4 Å². The highest BCUT2D eigenvalue weighted by atomic mass is 35.5. The minimum atomic E-state index is 0. The van der Waals surface area contributed by atoms with Crippen molar-refractivity contribution < 1.29 is 9.26 Å². The molecule has 24 heavy (non-hydrogen) atoms. The second kappa shape index (κ2) is 9.01. The molecule has 6 nitrogen and oxygen atoms in total. The summed E-state index contributed by atoms with van der Waals surface area (Å²) in [6, 6.07) is 8.25. The highest BCUT2D eigenvalue weighted by molar-refractivity contribution is 5.85. The van der Waals surface area contributed by atoms with Gasteiger partial charge in [0.05, 0.1) is 13.7 Å². The van der Waals surface area contributed by atoms with Gasteiger partial charge in [0.2, 0.25) is 11.7 Å². The highest BCUT2D eigenvalue weighted by Gasteiger charge is 2.23. The van der Waals surface area contributed by atoms with Gasteiger partial charge in [0.1, 0.15) is 5.75 Å². The fourth-order valence-corrected chi connectivity index (χ4v) is 2.98. The van der Waals surface area contributed by atoms with Crippen LogP contribution in [0.25, 0.3) is 11.4 Å². The Labute approximate surface area is 149 Å². The maximum absolute atomic E-state index is 5.46. The summed E-state index contributed by atoms with van der Waals surface area (Å²) in [6.45, 7) is 6.09. The Hall–Kier alpha value is -1.63. The van der Waals surface area contributed by atoms with Gasteiger partial charge in [-0.1, -0.05) is 12.1 Å². The zero-order valence-corrected chi connectivity index (χ0v) is 15.0. The van der Waals surface area contributed by atoms with Crippen LogP contribution in [0.15, 0.2) is 28.8 Å². The van der Waals surface area contributed by atoms with E-state index < -0.39 is 0 Å². The topological polar surface area (TPSA) is 63.4 Å². The number of ether oxygens (including phenoxy) is 1. The van der Waals surface area contributed by atoms with Gasteiger partial charge in [-0.05, 0) is 50.2 Å². The molecule has 1 aliphatic heterocycles. The molecule has 1 aliphatic rings. The van der Waals surface area contributed by atoms with Crippen molar-refractivity contribution in [2.45, 2.75) is 32.4 Å². The largest absolute Gasteiger partial charge is 0.497 e. The maximum Gasteiger partial charge on any atom is 0.241 e. The number of halogens is 1. The van der Waals surface area contributed by atoms with Crippen molar-refractivity contribution in [2.24, 2.45) is 0 Å². The molecule has 1 aromatic carbocycles. The Bertz CT molecular complexity index is 611. The molecule has 1 unspecified atom stereocenters. The second-order valence-electron chi connectivity index (χ2n) is 5.86. The van der Waals surface area contributed by atoms with E-state index in [2.05, 4.69) is 27.3 Å². The van der Waals surface area contributed by atoms with Crippen molar-refractivity contribution in [1.29, 1.82) is 0 Å². The van der Waals surface area contributed by atoms with Crippen LogP contribution in [0.2, 0.25) is 0 Å². The van der Waals surface area contributed by atoms with Crippen LogP contribution in [0.1, 0.15) is 25.7 Å². The molecule has 0 saturated carbocycles. The van der Waals surface area contributed by atoms with Gasteiger partial charge in [-0.2, -0.15) is 4.98 Å². The lowest BCUT2D eigenvalue weighted by Gasteiger charge is -2.26. The third-order valence-electron chi connectivity index (χ3n) is 4.22. The van der Waals surface area contributed by atoms with Crippen LogP contribution in [0.3, 0.4) is 0 Å². The van der Waals surface area contributed by atoms with Gasteiger partial charge in [-0.15, -0.1) is 12.4 Å². The van der Waals surface area contributed by atoms with E-state index in [1.165, 1.54) is 6.42 Å². The predicted octanol–water partition coefficient (Wildman–Crippen LogP) is 2.74. The fraction of sp³-hybridized carbons (Fsp3) is 0.529. The molecule has 7 heteroatoms. The summed E-state index contributed by atoms with van der Waals surface area (Å²) in [5.41, 5.74) is 0.936. The monoisotopic (exact) mass is 352 g/mol. The molecular formula is C17H25ClN4O2. The first-order valence-electron chi connectivity index (χ1n) is 8.22. The molecule has 0 bridgehead atoms. The zero-order valence-electron chi connectivity index (χ0n) is 14.2. The molecule has 132 valence electrons. The van der Waals surface area contributed by atoms with Crippen LogP contribution in [-0.2, 0) is 6.54 Å². The third-order valence-corrected chi connectivity index (χ3v) is 4.22. The van der Waals surface area contributed by atoms with Crippen LogP contribution in [0, 0.1) is 0 Å². The van der Waals surface area contributed by atoms with Crippen molar-refractivity contribution in [1.82, 2.24) is 20.4 Å². The number of hydrogen-bond acceptors (Lipinski definition) is 6. The second-order valence-corrected chi connectivity index (χ2v) is 5.86. The van der Waals surface area contributed by atoms with Gasteiger partial charge < -0.3 is 14.6 Å². The van der Waals surface area contributed by atoms with Crippen molar-refractivity contribution >= 4 is 12.4 Å². The first kappa shape index (κ1) is 18.7. The Morgan fingerprint density at radius 1 is 1.33 bits per heavy atom. The van der Waals surface area contributed by atoms with Crippen molar-refractivity contribution in [2.75, 3.05) is 26.7 Å². The minimum absolute atomic E-state index is 0. The Morgan fingerprint density at radius 3 is 2.75 bits per heavy atom. The quantitative estimate of drug-likeness (QED) is 0.826. The van der Waals surface area contributed by atoms with Crippen LogP contribution in [0.4, 0.5) is 0 Å². The molecule has 0 aliphatic carbocycles. The predicted molar refractivity (Wildman–Crippen MR) is 95.5 cm³/mol. The molecular weight excluding hydrogens is 328 g/mol. The minimum Gasteiger partial charge on any atom is -0.497 e. The normalized spacial score (nSPS) is 17.0. The number of benzene rings is 1. The molecule has 0 amide bonds. The lowest BCUT2D eigenvalue weighted by atomic mass is 10.2. The van der Waals surface area contributed by atoms with Gasteiger partial charge >= 0.3 is 0 Å². The van der Waals surface area contributed by atoms with Crippen molar-refractivity contribution in [3.05, 3.63) is 30.2 Å². The summed E-state index contributed by atoms with van der Waals surface area (Å²) >= 11 is 0. The van der Waals surface area contributed by atoms with E-state index >= 15 is 0 Å². The van der Waals surface area contributed by atoms with Crippen LogP contribution >= 0.6 is 12.4 Å². The van der Waals surface area contributed by atoms with Crippen LogP contribution < -0.4 is 10.1 Å². The molecule has 1 fully saturated rings. The average molecular weight is 353 g/mol. The van der Waals surface area contributed by atoms with Crippen molar-refractivity contribution in [3.63, 3.8) is 0 Å². The molecule has 2 heterocycles. The van der Waals surface area contributed by atoms with E-state index in [9.17, 15) is 0 Å². The molecule has 3 rings (SSSR count). The van der Waals surface area contributed by atoms with E-state index in [1.54, 1.807) is 7.11 Å². The number of aromatic nitrogens is 2. The number of hydrogen-bond donors (Lipinski definition) is 1. The average Bonchev–Trinajstić information content (AvgIpc) is 3.26. The molecule has 0 radical (unpaired) electrons. The summed E-state index contributed by atoms with van der Waals surface area (Å²) in [4.78, 5) is 6.98. The molecule has 2 aromatic rings. The van der Waals surface area contributed by atoms with E-state index in [0.717, 1.165) is 37.4 Å². The first-order chi connectivity index (χ1) is 11.3. The molecule has 1 aromatic heterocycles. The van der Waals surface area contributed by atoms with E-state index in [4.69, 9.17) is 9.26 Å². The Kier molecular flexibility index (Phi) is 7.02. The van der Waals surface area contributed by atoms with Gasteiger partial charge in [-0.3, -0.25) is 4.90 Å². The lowest BCUT2D eigenvalue weighted by Crippen LogP contribution is -2.37. The van der Waals surface area contributed by atoms with E-state index in [0.29, 0.717) is 24.3 Å². The van der Waals surface area contributed by atoms with Crippen molar-refractivity contribution in [3.8, 4) is 17.1 Å². The number of rotatable bonds is 7. The highest BCUT2D eigenvalue weighted by Crippen LogP contribution is 2.21. The maximum atomic E-state index is 5.46. The Morgan fingerprint density at radius 2 is 2.12 bits per heavy atom. The lowest BCUT2D eigenvalue weighted by molar-refractivity contribution is 0.174. The SMILES string of the molecule is CCCN(Cc1nc(-c2ccc(OC)cc2)no1)C1CCNC1.Cl. The van der Waals surface area contributed by atoms with Gasteiger partial charge in [-0.25, -0.2) is 0 Å². The third kappa shape index (κ3) is 4.47. The smallest absolute Gasteiger partial charge is 0.241 e. The molecule has 0 spiro atoms. The molecule has 1 saturated heterocycles. The standard InChI is InChI=1S/C17H24N4O2.ClH/c1-3-10-21(14-8-9-18-11-14)12-16-19-17(20-23-16)13-4-6-15(22-2)7-5-13;/h4-7,14,18H,3,8-12H2,1-2H3;1H. The Balaban J connectivity index is 0.00000208. The molecule has 1 N–H and O–H groups in total. The number of nitrogens with one attached hydrogen (secondary N) is 1.